The van der Waals surface area contributed by atoms with Crippen LogP contribution in [0.3, 0.4) is 0 Å². The molecular weight excluding hydrogens is 360 g/mol. The third-order valence-electron chi connectivity index (χ3n) is 3.11. The second-order valence-corrected chi connectivity index (χ2v) is 5.52. The number of carbonyl (C=O) groups is 1. The molecule has 0 aliphatic rings. The van der Waals surface area contributed by atoms with Gasteiger partial charge < -0.3 is 14.9 Å². The Labute approximate surface area is 143 Å². The van der Waals surface area contributed by atoms with Crippen LogP contribution in [0.25, 0.3) is 0 Å². The molecule has 120 valence electrons. The number of halogens is 1. The molecule has 6 heteroatoms. The molecular formula is C17H17BrN2O3. The van der Waals surface area contributed by atoms with Crippen molar-refractivity contribution >= 4 is 27.5 Å². The van der Waals surface area contributed by atoms with Crippen LogP contribution < -0.4 is 10.1 Å². The van der Waals surface area contributed by atoms with Gasteiger partial charge in [-0.05, 0) is 29.8 Å². The van der Waals surface area contributed by atoms with Crippen LogP contribution in [0.15, 0.2) is 58.2 Å². The minimum atomic E-state index is -0.317. The molecule has 23 heavy (non-hydrogen) atoms. The average Bonchev–Trinajstić information content (AvgIpc) is 2.59. The minimum Gasteiger partial charge on any atom is -0.489 e. The van der Waals surface area contributed by atoms with E-state index in [0.717, 1.165) is 15.8 Å². The standard InChI is InChI=1S/C17H17BrN2O3/c1-19-17(21)16(20-22-2)15-6-4-3-5-12(15)11-23-14-9-7-13(18)8-10-14/h3-10H,11H2,1-2H3,(H,19,21)/b20-16-. The molecule has 2 rings (SSSR count). The molecule has 2 aromatic rings. The molecule has 0 aliphatic carbocycles. The van der Waals surface area contributed by atoms with E-state index in [2.05, 4.69) is 26.4 Å². The Kier molecular flexibility index (Phi) is 6.17. The Balaban J connectivity index is 2.24. The van der Waals surface area contributed by atoms with Crippen molar-refractivity contribution in [2.45, 2.75) is 6.61 Å². The Morgan fingerprint density at radius 1 is 1.17 bits per heavy atom. The van der Waals surface area contributed by atoms with E-state index in [1.165, 1.54) is 7.11 Å². The first-order chi connectivity index (χ1) is 11.2. The molecule has 2 aromatic carbocycles. The van der Waals surface area contributed by atoms with Crippen LogP contribution in [0.1, 0.15) is 11.1 Å². The van der Waals surface area contributed by atoms with E-state index in [9.17, 15) is 4.79 Å². The van der Waals surface area contributed by atoms with Crippen molar-refractivity contribution in [1.82, 2.24) is 5.32 Å². The van der Waals surface area contributed by atoms with Gasteiger partial charge in [-0.1, -0.05) is 45.4 Å². The largest absolute Gasteiger partial charge is 0.489 e. The van der Waals surface area contributed by atoms with Crippen LogP contribution in [-0.2, 0) is 16.2 Å². The van der Waals surface area contributed by atoms with Crippen molar-refractivity contribution in [2.24, 2.45) is 5.16 Å². The maximum Gasteiger partial charge on any atom is 0.273 e. The minimum absolute atomic E-state index is 0.213. The second kappa shape index (κ2) is 8.33. The predicted octanol–water partition coefficient (Wildman–Crippen LogP) is 3.12. The van der Waals surface area contributed by atoms with Crippen molar-refractivity contribution in [3.63, 3.8) is 0 Å². The third-order valence-corrected chi connectivity index (χ3v) is 3.63. The SMILES string of the molecule is CNC(=O)/C(=N\OC)c1ccccc1COc1ccc(Br)cc1. The number of hydrogen-bond donors (Lipinski definition) is 1. The molecule has 0 saturated heterocycles. The molecule has 0 fully saturated rings. The number of likely N-dealkylation sites (N-methyl/N-ethyl adjacent to an activating group) is 1. The monoisotopic (exact) mass is 376 g/mol. The summed E-state index contributed by atoms with van der Waals surface area (Å²) in [5, 5.41) is 6.40. The van der Waals surface area contributed by atoms with Gasteiger partial charge in [0.1, 0.15) is 19.5 Å². The topological polar surface area (TPSA) is 59.9 Å². The van der Waals surface area contributed by atoms with E-state index in [-0.39, 0.29) is 11.6 Å². The van der Waals surface area contributed by atoms with Gasteiger partial charge in [-0.2, -0.15) is 0 Å². The molecule has 1 N–H and O–H groups in total. The molecule has 0 radical (unpaired) electrons. The summed E-state index contributed by atoms with van der Waals surface area (Å²) in [5.74, 6) is 0.427. The number of nitrogens with one attached hydrogen (secondary N) is 1. The number of benzene rings is 2. The molecule has 0 aromatic heterocycles. The molecule has 1 amide bonds. The maximum absolute atomic E-state index is 12.0. The second-order valence-electron chi connectivity index (χ2n) is 4.60. The first kappa shape index (κ1) is 17.0. The lowest BCUT2D eigenvalue weighted by Gasteiger charge is -2.12. The lowest BCUT2D eigenvalue weighted by atomic mass is 10.0. The summed E-state index contributed by atoms with van der Waals surface area (Å²) < 4.78 is 6.77. The van der Waals surface area contributed by atoms with Gasteiger partial charge in [0, 0.05) is 17.1 Å². The van der Waals surface area contributed by atoms with Crippen molar-refractivity contribution in [3.05, 3.63) is 64.1 Å². The number of amides is 1. The highest BCUT2D eigenvalue weighted by atomic mass is 79.9. The van der Waals surface area contributed by atoms with Gasteiger partial charge in [0.25, 0.3) is 5.91 Å². The number of carbonyl (C=O) groups excluding carboxylic acids is 1. The first-order valence-electron chi connectivity index (χ1n) is 6.95. The number of ether oxygens (including phenoxy) is 1. The molecule has 0 unspecified atom stereocenters. The Morgan fingerprint density at radius 2 is 1.87 bits per heavy atom. The fourth-order valence-corrected chi connectivity index (χ4v) is 2.26. The summed E-state index contributed by atoms with van der Waals surface area (Å²) in [6.45, 7) is 0.317. The summed E-state index contributed by atoms with van der Waals surface area (Å²) in [6, 6.07) is 15.0. The fraction of sp³-hybridized carbons (Fsp3) is 0.176. The highest BCUT2D eigenvalue weighted by Gasteiger charge is 2.17. The first-order valence-corrected chi connectivity index (χ1v) is 7.75. The number of nitrogens with zero attached hydrogens (tertiary/aromatic N) is 1. The zero-order chi connectivity index (χ0) is 16.7. The fourth-order valence-electron chi connectivity index (χ4n) is 1.99. The van der Waals surface area contributed by atoms with Crippen molar-refractivity contribution < 1.29 is 14.4 Å². The molecule has 0 aliphatic heterocycles. The van der Waals surface area contributed by atoms with Crippen LogP contribution in [0.5, 0.6) is 5.75 Å². The molecule has 0 bridgehead atoms. The number of rotatable bonds is 6. The smallest absolute Gasteiger partial charge is 0.273 e. The maximum atomic E-state index is 12.0. The van der Waals surface area contributed by atoms with E-state index in [1.807, 2.05) is 48.5 Å². The highest BCUT2D eigenvalue weighted by molar-refractivity contribution is 9.10. The van der Waals surface area contributed by atoms with Gasteiger partial charge in [-0.15, -0.1) is 0 Å². The van der Waals surface area contributed by atoms with Crippen LogP contribution in [-0.4, -0.2) is 25.8 Å². The zero-order valence-corrected chi connectivity index (χ0v) is 14.5. The summed E-state index contributed by atoms with van der Waals surface area (Å²) in [4.78, 5) is 16.8. The van der Waals surface area contributed by atoms with E-state index >= 15 is 0 Å². The van der Waals surface area contributed by atoms with E-state index < -0.39 is 0 Å². The Hall–Kier alpha value is -2.34. The number of hydrogen-bond acceptors (Lipinski definition) is 4. The van der Waals surface area contributed by atoms with Crippen molar-refractivity contribution in [3.8, 4) is 5.75 Å². The molecule has 5 nitrogen and oxygen atoms in total. The van der Waals surface area contributed by atoms with Gasteiger partial charge in [0.2, 0.25) is 0 Å². The average molecular weight is 377 g/mol. The summed E-state index contributed by atoms with van der Waals surface area (Å²) >= 11 is 3.38. The summed E-state index contributed by atoms with van der Waals surface area (Å²) in [6.07, 6.45) is 0. The highest BCUT2D eigenvalue weighted by Crippen LogP contribution is 2.19. The van der Waals surface area contributed by atoms with Gasteiger partial charge >= 0.3 is 0 Å². The summed E-state index contributed by atoms with van der Waals surface area (Å²) in [5.41, 5.74) is 1.73. The van der Waals surface area contributed by atoms with Crippen LogP contribution in [0.4, 0.5) is 0 Å². The van der Waals surface area contributed by atoms with Crippen LogP contribution >= 0.6 is 15.9 Å². The summed E-state index contributed by atoms with van der Waals surface area (Å²) in [7, 11) is 2.96. The molecule has 0 spiro atoms. The van der Waals surface area contributed by atoms with E-state index in [1.54, 1.807) is 7.05 Å². The zero-order valence-electron chi connectivity index (χ0n) is 12.9. The van der Waals surface area contributed by atoms with Crippen molar-refractivity contribution in [2.75, 3.05) is 14.2 Å². The van der Waals surface area contributed by atoms with Gasteiger partial charge in [-0.3, -0.25) is 4.79 Å². The number of oxime groups is 1. The molecule has 0 saturated carbocycles. The molecule has 0 atom stereocenters. The predicted molar refractivity (Wildman–Crippen MR) is 92.5 cm³/mol. The Morgan fingerprint density at radius 3 is 2.52 bits per heavy atom. The normalized spacial score (nSPS) is 11.0. The third kappa shape index (κ3) is 4.56. The van der Waals surface area contributed by atoms with E-state index in [0.29, 0.717) is 12.2 Å². The van der Waals surface area contributed by atoms with E-state index in [4.69, 9.17) is 9.57 Å². The van der Waals surface area contributed by atoms with Crippen LogP contribution in [0, 0.1) is 0 Å². The van der Waals surface area contributed by atoms with Gasteiger partial charge in [0.15, 0.2) is 5.71 Å². The van der Waals surface area contributed by atoms with Crippen molar-refractivity contribution in [1.29, 1.82) is 0 Å². The lowest BCUT2D eigenvalue weighted by molar-refractivity contribution is -0.114. The van der Waals surface area contributed by atoms with Gasteiger partial charge in [-0.25, -0.2) is 0 Å². The Bertz CT molecular complexity index is 699. The van der Waals surface area contributed by atoms with Crippen LogP contribution in [0.2, 0.25) is 0 Å². The molecule has 0 heterocycles. The lowest BCUT2D eigenvalue weighted by Crippen LogP contribution is -2.29. The van der Waals surface area contributed by atoms with Gasteiger partial charge in [0.05, 0.1) is 0 Å². The quantitative estimate of drug-likeness (QED) is 0.622.